The van der Waals surface area contributed by atoms with Gasteiger partial charge in [-0.2, -0.15) is 5.10 Å². The quantitative estimate of drug-likeness (QED) is 0.877. The van der Waals surface area contributed by atoms with E-state index in [1.165, 1.54) is 22.4 Å². The van der Waals surface area contributed by atoms with Gasteiger partial charge in [-0.1, -0.05) is 24.3 Å². The lowest BCUT2D eigenvalue weighted by Crippen LogP contribution is -2.18. The Morgan fingerprint density at radius 1 is 1.35 bits per heavy atom. The average molecular weight is 229 g/mol. The molecule has 2 aromatic rings. The van der Waals surface area contributed by atoms with Crippen molar-refractivity contribution in [2.45, 2.75) is 26.3 Å². The number of hydrogen-bond acceptors (Lipinski definition) is 2. The minimum Gasteiger partial charge on any atom is -0.328 e. The maximum absolute atomic E-state index is 5.88. The van der Waals surface area contributed by atoms with E-state index in [4.69, 9.17) is 5.73 Å². The molecule has 0 fully saturated rings. The van der Waals surface area contributed by atoms with Crippen LogP contribution in [0.25, 0.3) is 11.3 Å². The van der Waals surface area contributed by atoms with Gasteiger partial charge in [-0.15, -0.1) is 0 Å². The summed E-state index contributed by atoms with van der Waals surface area (Å²) in [5, 5.41) is 4.35. The van der Waals surface area contributed by atoms with E-state index in [1.54, 1.807) is 0 Å². The van der Waals surface area contributed by atoms with Crippen molar-refractivity contribution >= 4 is 0 Å². The number of aromatic nitrogens is 2. The summed E-state index contributed by atoms with van der Waals surface area (Å²) in [5.41, 5.74) is 10.8. The number of aryl methyl sites for hydroxylation is 2. The molecule has 1 unspecified atom stereocenters. The Morgan fingerprint density at radius 3 is 2.71 bits per heavy atom. The van der Waals surface area contributed by atoms with Crippen LogP contribution in [0.5, 0.6) is 0 Å². The lowest BCUT2D eigenvalue weighted by atomic mass is 9.99. The zero-order valence-electron chi connectivity index (χ0n) is 10.6. The van der Waals surface area contributed by atoms with Gasteiger partial charge in [0.25, 0.3) is 0 Å². The van der Waals surface area contributed by atoms with Gasteiger partial charge < -0.3 is 5.73 Å². The third-order valence-corrected chi connectivity index (χ3v) is 2.96. The van der Waals surface area contributed by atoms with Crippen LogP contribution in [0, 0.1) is 6.92 Å². The monoisotopic (exact) mass is 229 g/mol. The minimum atomic E-state index is 0.155. The van der Waals surface area contributed by atoms with Gasteiger partial charge in [-0.25, -0.2) is 0 Å². The Balaban J connectivity index is 2.51. The summed E-state index contributed by atoms with van der Waals surface area (Å²) >= 11 is 0. The van der Waals surface area contributed by atoms with Gasteiger partial charge in [0, 0.05) is 18.7 Å². The van der Waals surface area contributed by atoms with Crippen LogP contribution in [0.1, 0.15) is 18.1 Å². The fourth-order valence-electron chi connectivity index (χ4n) is 2.17. The Hall–Kier alpha value is -1.61. The summed E-state index contributed by atoms with van der Waals surface area (Å²) in [7, 11) is 1.98. The summed E-state index contributed by atoms with van der Waals surface area (Å²) in [6, 6.07) is 8.53. The normalized spacial score (nSPS) is 12.7. The van der Waals surface area contributed by atoms with Crippen LogP contribution in [-0.2, 0) is 13.5 Å². The van der Waals surface area contributed by atoms with Gasteiger partial charge in [0.1, 0.15) is 0 Å². The van der Waals surface area contributed by atoms with Crippen molar-refractivity contribution in [2.24, 2.45) is 12.8 Å². The molecule has 0 saturated heterocycles. The fourth-order valence-corrected chi connectivity index (χ4v) is 2.17. The Labute approximate surface area is 102 Å². The molecule has 3 heteroatoms. The summed E-state index contributed by atoms with van der Waals surface area (Å²) in [6.07, 6.45) is 2.78. The lowest BCUT2D eigenvalue weighted by Gasteiger charge is -2.10. The molecule has 1 heterocycles. The Morgan fingerprint density at radius 2 is 2.06 bits per heavy atom. The number of rotatable bonds is 3. The molecule has 1 aromatic carbocycles. The minimum absolute atomic E-state index is 0.155. The zero-order chi connectivity index (χ0) is 12.4. The standard InChI is InChI=1S/C14H19N3/c1-10-6-4-5-7-13(10)14-12(8-11(2)15)9-16-17(14)3/h4-7,9,11H,8,15H2,1-3H3. The van der Waals surface area contributed by atoms with Crippen molar-refractivity contribution in [3.63, 3.8) is 0 Å². The van der Waals surface area contributed by atoms with E-state index in [9.17, 15) is 0 Å². The molecule has 1 atom stereocenters. The largest absolute Gasteiger partial charge is 0.328 e. The smallest absolute Gasteiger partial charge is 0.0714 e. The van der Waals surface area contributed by atoms with Crippen LogP contribution in [-0.4, -0.2) is 15.8 Å². The molecule has 0 saturated carbocycles. The summed E-state index contributed by atoms with van der Waals surface area (Å²) in [4.78, 5) is 0. The summed E-state index contributed by atoms with van der Waals surface area (Å²) < 4.78 is 1.93. The number of benzene rings is 1. The van der Waals surface area contributed by atoms with Crippen LogP contribution in [0.4, 0.5) is 0 Å². The van der Waals surface area contributed by atoms with Crippen molar-refractivity contribution in [1.29, 1.82) is 0 Å². The highest BCUT2D eigenvalue weighted by atomic mass is 15.3. The maximum atomic E-state index is 5.88. The molecule has 17 heavy (non-hydrogen) atoms. The molecule has 0 aliphatic heterocycles. The predicted octanol–water partition coefficient (Wildman–Crippen LogP) is 2.29. The second-order valence-corrected chi connectivity index (χ2v) is 4.64. The highest BCUT2D eigenvalue weighted by molar-refractivity contribution is 5.67. The fraction of sp³-hybridized carbons (Fsp3) is 0.357. The SMILES string of the molecule is Cc1ccccc1-c1c(CC(C)N)cnn1C. The zero-order valence-corrected chi connectivity index (χ0v) is 10.6. The van der Waals surface area contributed by atoms with E-state index in [0.29, 0.717) is 0 Å². The van der Waals surface area contributed by atoms with E-state index in [1.807, 2.05) is 24.9 Å². The molecule has 1 aromatic heterocycles. The van der Waals surface area contributed by atoms with E-state index < -0.39 is 0 Å². The van der Waals surface area contributed by atoms with Crippen molar-refractivity contribution in [3.05, 3.63) is 41.6 Å². The van der Waals surface area contributed by atoms with Gasteiger partial charge in [0.2, 0.25) is 0 Å². The average Bonchev–Trinajstić information content (AvgIpc) is 2.60. The van der Waals surface area contributed by atoms with Crippen LogP contribution in [0.15, 0.2) is 30.5 Å². The van der Waals surface area contributed by atoms with E-state index in [0.717, 1.165) is 6.42 Å². The van der Waals surface area contributed by atoms with Crippen molar-refractivity contribution in [1.82, 2.24) is 9.78 Å². The predicted molar refractivity (Wildman–Crippen MR) is 70.7 cm³/mol. The molecule has 0 amide bonds. The molecule has 0 aliphatic rings. The second kappa shape index (κ2) is 4.72. The molecule has 0 bridgehead atoms. The molecule has 0 spiro atoms. The lowest BCUT2D eigenvalue weighted by molar-refractivity contribution is 0.737. The molecule has 2 N–H and O–H groups in total. The molecular weight excluding hydrogens is 210 g/mol. The van der Waals surface area contributed by atoms with Gasteiger partial charge in [0.05, 0.1) is 11.9 Å². The molecule has 0 radical (unpaired) electrons. The highest BCUT2D eigenvalue weighted by Gasteiger charge is 2.13. The summed E-state index contributed by atoms with van der Waals surface area (Å²) in [6.45, 7) is 4.15. The van der Waals surface area contributed by atoms with Crippen molar-refractivity contribution in [3.8, 4) is 11.3 Å². The molecule has 2 rings (SSSR count). The van der Waals surface area contributed by atoms with Gasteiger partial charge in [0.15, 0.2) is 0 Å². The van der Waals surface area contributed by atoms with E-state index in [2.05, 4.69) is 36.3 Å². The van der Waals surface area contributed by atoms with Crippen molar-refractivity contribution < 1.29 is 0 Å². The molecule has 3 nitrogen and oxygen atoms in total. The topological polar surface area (TPSA) is 43.8 Å². The first-order valence-electron chi connectivity index (χ1n) is 5.92. The first-order chi connectivity index (χ1) is 8.09. The van der Waals surface area contributed by atoms with Crippen molar-refractivity contribution in [2.75, 3.05) is 0 Å². The number of nitrogens with two attached hydrogens (primary N) is 1. The maximum Gasteiger partial charge on any atom is 0.0714 e. The van der Waals surface area contributed by atoms with Gasteiger partial charge in [-0.05, 0) is 31.4 Å². The summed E-state index contributed by atoms with van der Waals surface area (Å²) in [5.74, 6) is 0. The third kappa shape index (κ3) is 2.39. The van der Waals surface area contributed by atoms with Crippen LogP contribution < -0.4 is 5.73 Å². The van der Waals surface area contributed by atoms with Crippen LogP contribution >= 0.6 is 0 Å². The van der Waals surface area contributed by atoms with Gasteiger partial charge >= 0.3 is 0 Å². The van der Waals surface area contributed by atoms with E-state index in [-0.39, 0.29) is 6.04 Å². The first-order valence-corrected chi connectivity index (χ1v) is 5.92. The van der Waals surface area contributed by atoms with Crippen LogP contribution in [0.2, 0.25) is 0 Å². The number of nitrogens with zero attached hydrogens (tertiary/aromatic N) is 2. The number of hydrogen-bond donors (Lipinski definition) is 1. The third-order valence-electron chi connectivity index (χ3n) is 2.96. The molecule has 0 aliphatic carbocycles. The van der Waals surface area contributed by atoms with Crippen LogP contribution in [0.3, 0.4) is 0 Å². The first kappa shape index (κ1) is 11.9. The Kier molecular flexibility index (Phi) is 3.29. The highest BCUT2D eigenvalue weighted by Crippen LogP contribution is 2.26. The van der Waals surface area contributed by atoms with E-state index >= 15 is 0 Å². The Bertz CT molecular complexity index is 512. The molecule has 90 valence electrons. The molecular formula is C14H19N3. The second-order valence-electron chi connectivity index (χ2n) is 4.64. The van der Waals surface area contributed by atoms with Gasteiger partial charge in [-0.3, -0.25) is 4.68 Å².